The number of aromatic nitrogens is 3. The molecule has 3 aromatic carbocycles. The van der Waals surface area contributed by atoms with Gasteiger partial charge in [0.25, 0.3) is 5.91 Å². The molecule has 1 aliphatic rings. The maximum absolute atomic E-state index is 13.5. The molecule has 8 heteroatoms. The van der Waals surface area contributed by atoms with E-state index in [9.17, 15) is 4.79 Å². The molecule has 0 saturated carbocycles. The van der Waals surface area contributed by atoms with E-state index in [1.807, 2.05) is 61.5 Å². The van der Waals surface area contributed by atoms with Crippen LogP contribution in [0, 0.1) is 0 Å². The van der Waals surface area contributed by atoms with E-state index in [0.29, 0.717) is 40.3 Å². The SMILES string of the molecule is CC1=C(C(=O)Nc2ccc(Cl)cc2)C(c2ccccc2OCc2ccccc2)n2ncnc2N1. The van der Waals surface area contributed by atoms with E-state index < -0.39 is 6.04 Å². The molecular formula is C26H22ClN5O2. The summed E-state index contributed by atoms with van der Waals surface area (Å²) >= 11 is 5.99. The second-order valence-electron chi connectivity index (χ2n) is 7.87. The Morgan fingerprint density at radius 3 is 2.59 bits per heavy atom. The summed E-state index contributed by atoms with van der Waals surface area (Å²) in [5.74, 6) is 0.976. The Morgan fingerprint density at radius 1 is 1.06 bits per heavy atom. The lowest BCUT2D eigenvalue weighted by atomic mass is 9.94. The number of hydrogen-bond acceptors (Lipinski definition) is 5. The van der Waals surface area contributed by atoms with E-state index in [-0.39, 0.29) is 5.91 Å². The van der Waals surface area contributed by atoms with Crippen molar-refractivity contribution in [3.05, 3.63) is 113 Å². The zero-order valence-electron chi connectivity index (χ0n) is 18.4. The molecule has 2 N–H and O–H groups in total. The van der Waals surface area contributed by atoms with Crippen molar-refractivity contribution in [2.75, 3.05) is 10.6 Å². The minimum Gasteiger partial charge on any atom is -0.489 e. The van der Waals surface area contributed by atoms with E-state index in [1.54, 1.807) is 28.9 Å². The number of ether oxygens (including phenoxy) is 1. The third-order valence-electron chi connectivity index (χ3n) is 5.59. The Hall–Kier alpha value is -4.10. The van der Waals surface area contributed by atoms with Gasteiger partial charge in [0.1, 0.15) is 24.7 Å². The van der Waals surface area contributed by atoms with Gasteiger partial charge in [-0.15, -0.1) is 0 Å². The van der Waals surface area contributed by atoms with Crippen molar-refractivity contribution in [3.8, 4) is 5.75 Å². The molecule has 2 heterocycles. The Kier molecular flexibility index (Phi) is 6.01. The minimum absolute atomic E-state index is 0.253. The third kappa shape index (κ3) is 4.38. The Labute approximate surface area is 202 Å². The fraction of sp³-hybridized carbons (Fsp3) is 0.115. The van der Waals surface area contributed by atoms with Crippen LogP contribution in [0.5, 0.6) is 5.75 Å². The van der Waals surface area contributed by atoms with Crippen molar-refractivity contribution in [1.82, 2.24) is 14.8 Å². The van der Waals surface area contributed by atoms with Crippen LogP contribution in [0.15, 0.2) is 96.5 Å². The quantitative estimate of drug-likeness (QED) is 0.391. The normalized spacial score (nSPS) is 14.8. The topological polar surface area (TPSA) is 81.1 Å². The highest BCUT2D eigenvalue weighted by Gasteiger charge is 2.35. The summed E-state index contributed by atoms with van der Waals surface area (Å²) in [4.78, 5) is 17.8. The molecule has 0 saturated heterocycles. The second kappa shape index (κ2) is 9.41. The van der Waals surface area contributed by atoms with Crippen molar-refractivity contribution in [2.24, 2.45) is 0 Å². The molecule has 0 fully saturated rings. The predicted octanol–water partition coefficient (Wildman–Crippen LogP) is 5.44. The number of para-hydroxylation sites is 1. The molecule has 0 aliphatic carbocycles. The van der Waals surface area contributed by atoms with E-state index in [2.05, 4.69) is 20.7 Å². The number of hydrogen-bond donors (Lipinski definition) is 2. The van der Waals surface area contributed by atoms with Gasteiger partial charge in [0.2, 0.25) is 5.95 Å². The standard InChI is InChI=1S/C26H22ClN5O2/c1-17-23(25(33)31-20-13-11-19(27)12-14-20)24(32-26(30-17)28-16-29-32)21-9-5-6-10-22(21)34-15-18-7-3-2-4-8-18/h2-14,16,24H,15H2,1H3,(H,31,33)(H,28,29,30). The summed E-state index contributed by atoms with van der Waals surface area (Å²) in [6.45, 7) is 2.26. The molecule has 1 atom stereocenters. The van der Waals surface area contributed by atoms with Crippen LogP contribution in [0.3, 0.4) is 0 Å². The van der Waals surface area contributed by atoms with Crippen LogP contribution >= 0.6 is 11.6 Å². The van der Waals surface area contributed by atoms with Gasteiger partial charge in [0.15, 0.2) is 0 Å². The minimum atomic E-state index is -0.530. The van der Waals surface area contributed by atoms with E-state index in [1.165, 1.54) is 6.33 Å². The molecule has 1 aliphatic heterocycles. The first-order valence-corrected chi connectivity index (χ1v) is 11.2. The number of rotatable bonds is 6. The van der Waals surface area contributed by atoms with Crippen LogP contribution in [0.1, 0.15) is 24.1 Å². The van der Waals surface area contributed by atoms with Crippen LogP contribution in [-0.4, -0.2) is 20.7 Å². The van der Waals surface area contributed by atoms with Crippen LogP contribution in [0.2, 0.25) is 5.02 Å². The largest absolute Gasteiger partial charge is 0.489 e. The van der Waals surface area contributed by atoms with Crippen LogP contribution in [-0.2, 0) is 11.4 Å². The van der Waals surface area contributed by atoms with Crippen molar-refractivity contribution >= 4 is 29.1 Å². The summed E-state index contributed by atoms with van der Waals surface area (Å²) < 4.78 is 7.91. The van der Waals surface area contributed by atoms with Crippen molar-refractivity contribution in [1.29, 1.82) is 0 Å². The molecule has 4 aromatic rings. The smallest absolute Gasteiger partial charge is 0.255 e. The molecule has 7 nitrogen and oxygen atoms in total. The lowest BCUT2D eigenvalue weighted by molar-refractivity contribution is -0.113. The molecule has 0 bridgehead atoms. The molecule has 5 rings (SSSR count). The van der Waals surface area contributed by atoms with Crippen molar-refractivity contribution in [2.45, 2.75) is 19.6 Å². The van der Waals surface area contributed by atoms with Crippen LogP contribution < -0.4 is 15.4 Å². The zero-order valence-corrected chi connectivity index (χ0v) is 19.2. The highest BCUT2D eigenvalue weighted by atomic mass is 35.5. The summed E-state index contributed by atoms with van der Waals surface area (Å²) in [7, 11) is 0. The number of nitrogens with one attached hydrogen (secondary N) is 2. The lowest BCUT2D eigenvalue weighted by Gasteiger charge is -2.29. The number of anilines is 2. The number of fused-ring (bicyclic) bond motifs is 1. The van der Waals surface area contributed by atoms with Gasteiger partial charge in [-0.3, -0.25) is 4.79 Å². The number of nitrogens with zero attached hydrogens (tertiary/aromatic N) is 3. The van der Waals surface area contributed by atoms with Gasteiger partial charge in [-0.2, -0.15) is 10.1 Å². The summed E-state index contributed by atoms with van der Waals surface area (Å²) in [5.41, 5.74) is 3.72. The van der Waals surface area contributed by atoms with E-state index in [4.69, 9.17) is 16.3 Å². The first-order chi connectivity index (χ1) is 16.6. The maximum Gasteiger partial charge on any atom is 0.255 e. The number of allylic oxidation sites excluding steroid dienone is 1. The van der Waals surface area contributed by atoms with Gasteiger partial charge >= 0.3 is 0 Å². The fourth-order valence-electron chi connectivity index (χ4n) is 3.98. The fourth-order valence-corrected chi connectivity index (χ4v) is 4.10. The molecule has 0 spiro atoms. The molecule has 1 amide bonds. The average molecular weight is 472 g/mol. The number of halogens is 1. The van der Waals surface area contributed by atoms with Crippen molar-refractivity contribution < 1.29 is 9.53 Å². The monoisotopic (exact) mass is 471 g/mol. The second-order valence-corrected chi connectivity index (χ2v) is 8.30. The molecule has 1 unspecified atom stereocenters. The highest BCUT2D eigenvalue weighted by molar-refractivity contribution is 6.30. The summed E-state index contributed by atoms with van der Waals surface area (Å²) in [6.07, 6.45) is 1.47. The first-order valence-electron chi connectivity index (χ1n) is 10.8. The average Bonchev–Trinajstić information content (AvgIpc) is 3.32. The first kappa shape index (κ1) is 21.7. The number of amides is 1. The molecular weight excluding hydrogens is 450 g/mol. The van der Waals surface area contributed by atoms with Gasteiger partial charge in [-0.1, -0.05) is 60.1 Å². The molecule has 0 radical (unpaired) electrons. The van der Waals surface area contributed by atoms with Crippen molar-refractivity contribution in [3.63, 3.8) is 0 Å². The van der Waals surface area contributed by atoms with Gasteiger partial charge in [-0.05, 0) is 42.8 Å². The number of carbonyl (C=O) groups excluding carboxylic acids is 1. The summed E-state index contributed by atoms with van der Waals surface area (Å²) in [6, 6.07) is 24.1. The van der Waals surface area contributed by atoms with Gasteiger partial charge in [-0.25, -0.2) is 4.68 Å². The Morgan fingerprint density at radius 2 is 1.79 bits per heavy atom. The van der Waals surface area contributed by atoms with Gasteiger partial charge in [0.05, 0.1) is 5.57 Å². The van der Waals surface area contributed by atoms with Gasteiger partial charge in [0, 0.05) is 22.0 Å². The van der Waals surface area contributed by atoms with E-state index >= 15 is 0 Å². The maximum atomic E-state index is 13.5. The molecule has 1 aromatic heterocycles. The predicted molar refractivity (Wildman–Crippen MR) is 132 cm³/mol. The summed E-state index contributed by atoms with van der Waals surface area (Å²) in [5, 5.41) is 11.2. The zero-order chi connectivity index (χ0) is 23.5. The van der Waals surface area contributed by atoms with E-state index in [0.717, 1.165) is 11.1 Å². The molecule has 170 valence electrons. The van der Waals surface area contributed by atoms with Crippen LogP contribution in [0.4, 0.5) is 11.6 Å². The Balaban J connectivity index is 1.52. The van der Waals surface area contributed by atoms with Gasteiger partial charge < -0.3 is 15.4 Å². The number of benzene rings is 3. The Bertz CT molecular complexity index is 1350. The lowest BCUT2D eigenvalue weighted by Crippen LogP contribution is -2.31. The highest BCUT2D eigenvalue weighted by Crippen LogP contribution is 2.39. The molecule has 34 heavy (non-hydrogen) atoms. The third-order valence-corrected chi connectivity index (χ3v) is 5.84. The van der Waals surface area contributed by atoms with Crippen LogP contribution in [0.25, 0.3) is 0 Å². The number of carbonyl (C=O) groups is 1.